The standard InChI is InChI=1S/C18H24IN3O4/c1-2-3-11-20-17(24)18(9-5-4-6-10-18)21-16(23)14-8-7-13(22(25)26)12-15(14)19/h7-8,12H,2-6,9-11H2,1H3,(H,20,24)(H,21,23). The van der Waals surface area contributed by atoms with Crippen LogP contribution in [-0.2, 0) is 4.79 Å². The number of nitro groups is 1. The van der Waals surface area contributed by atoms with Crippen molar-refractivity contribution in [3.8, 4) is 0 Å². The molecule has 2 N–H and O–H groups in total. The van der Waals surface area contributed by atoms with E-state index in [2.05, 4.69) is 17.6 Å². The van der Waals surface area contributed by atoms with Gasteiger partial charge < -0.3 is 10.6 Å². The second-order valence-corrected chi connectivity index (χ2v) is 7.79. The second kappa shape index (κ2) is 9.29. The smallest absolute Gasteiger partial charge is 0.270 e. The average Bonchev–Trinajstić information content (AvgIpc) is 2.62. The molecule has 2 rings (SSSR count). The highest BCUT2D eigenvalue weighted by Gasteiger charge is 2.41. The monoisotopic (exact) mass is 473 g/mol. The third-order valence-corrected chi connectivity index (χ3v) is 5.61. The zero-order chi connectivity index (χ0) is 19.2. The van der Waals surface area contributed by atoms with Crippen LogP contribution in [0.15, 0.2) is 18.2 Å². The van der Waals surface area contributed by atoms with Gasteiger partial charge in [-0.3, -0.25) is 19.7 Å². The van der Waals surface area contributed by atoms with Gasteiger partial charge in [-0.15, -0.1) is 0 Å². The van der Waals surface area contributed by atoms with Crippen molar-refractivity contribution in [3.05, 3.63) is 37.4 Å². The van der Waals surface area contributed by atoms with Gasteiger partial charge in [-0.1, -0.05) is 32.6 Å². The Morgan fingerprint density at radius 1 is 1.27 bits per heavy atom. The lowest BCUT2D eigenvalue weighted by molar-refractivity contribution is -0.384. The summed E-state index contributed by atoms with van der Waals surface area (Å²) in [6, 6.07) is 4.12. The van der Waals surface area contributed by atoms with Gasteiger partial charge >= 0.3 is 0 Å². The Hall–Kier alpha value is -1.71. The molecule has 0 bridgehead atoms. The molecule has 142 valence electrons. The van der Waals surface area contributed by atoms with Crippen molar-refractivity contribution < 1.29 is 14.5 Å². The predicted molar refractivity (Wildman–Crippen MR) is 107 cm³/mol. The number of non-ortho nitro benzene ring substituents is 1. The fourth-order valence-corrected chi connectivity index (χ4v) is 3.94. The zero-order valence-electron chi connectivity index (χ0n) is 14.8. The van der Waals surface area contributed by atoms with Gasteiger partial charge in [0, 0.05) is 22.2 Å². The molecule has 0 saturated heterocycles. The Morgan fingerprint density at radius 3 is 2.54 bits per heavy atom. The third kappa shape index (κ3) is 4.93. The molecule has 2 amide bonds. The Labute approximate surface area is 166 Å². The van der Waals surface area contributed by atoms with Crippen LogP contribution in [0.2, 0.25) is 0 Å². The maximum Gasteiger partial charge on any atom is 0.270 e. The van der Waals surface area contributed by atoms with Crippen molar-refractivity contribution in [2.75, 3.05) is 6.54 Å². The molecule has 0 heterocycles. The molecule has 0 unspecified atom stereocenters. The van der Waals surface area contributed by atoms with E-state index in [1.165, 1.54) is 18.2 Å². The van der Waals surface area contributed by atoms with Crippen LogP contribution >= 0.6 is 22.6 Å². The van der Waals surface area contributed by atoms with Crippen molar-refractivity contribution in [1.29, 1.82) is 0 Å². The van der Waals surface area contributed by atoms with Crippen LogP contribution in [0.4, 0.5) is 5.69 Å². The van der Waals surface area contributed by atoms with Gasteiger partial charge in [0.1, 0.15) is 5.54 Å². The van der Waals surface area contributed by atoms with Crippen LogP contribution in [0.5, 0.6) is 0 Å². The summed E-state index contributed by atoms with van der Waals surface area (Å²) in [5.41, 5.74) is -0.605. The van der Waals surface area contributed by atoms with E-state index >= 15 is 0 Å². The number of nitrogens with one attached hydrogen (secondary N) is 2. The number of rotatable bonds is 7. The van der Waals surface area contributed by atoms with Crippen LogP contribution in [0.25, 0.3) is 0 Å². The van der Waals surface area contributed by atoms with E-state index in [0.29, 0.717) is 28.5 Å². The minimum Gasteiger partial charge on any atom is -0.354 e. The molecule has 1 aliphatic carbocycles. The summed E-state index contributed by atoms with van der Waals surface area (Å²) in [5.74, 6) is -0.493. The van der Waals surface area contributed by atoms with E-state index in [1.54, 1.807) is 0 Å². The first-order valence-corrected chi connectivity index (χ1v) is 10.0. The molecule has 1 aromatic carbocycles. The fraction of sp³-hybridized carbons (Fsp3) is 0.556. The normalized spacial score (nSPS) is 15.9. The number of unbranched alkanes of at least 4 members (excludes halogenated alkanes) is 1. The van der Waals surface area contributed by atoms with Gasteiger partial charge in [0.2, 0.25) is 5.91 Å². The molecule has 8 heteroatoms. The van der Waals surface area contributed by atoms with Gasteiger partial charge in [-0.2, -0.15) is 0 Å². The van der Waals surface area contributed by atoms with Crippen molar-refractivity contribution >= 4 is 40.1 Å². The van der Waals surface area contributed by atoms with Crippen molar-refractivity contribution in [2.24, 2.45) is 0 Å². The molecule has 0 atom stereocenters. The number of nitrogens with zero attached hydrogens (tertiary/aromatic N) is 1. The van der Waals surface area contributed by atoms with Crippen molar-refractivity contribution in [3.63, 3.8) is 0 Å². The highest BCUT2D eigenvalue weighted by molar-refractivity contribution is 14.1. The Morgan fingerprint density at radius 2 is 1.96 bits per heavy atom. The molecule has 0 spiro atoms. The first-order chi connectivity index (χ1) is 12.4. The summed E-state index contributed by atoms with van der Waals surface area (Å²) in [6.07, 6.45) is 5.93. The van der Waals surface area contributed by atoms with Gasteiger partial charge in [-0.05, 0) is 47.9 Å². The maximum absolute atomic E-state index is 12.8. The molecule has 26 heavy (non-hydrogen) atoms. The Balaban J connectivity index is 2.18. The summed E-state index contributed by atoms with van der Waals surface area (Å²) in [5, 5.41) is 16.7. The van der Waals surface area contributed by atoms with Crippen LogP contribution in [0.3, 0.4) is 0 Å². The van der Waals surface area contributed by atoms with Gasteiger partial charge in [0.25, 0.3) is 11.6 Å². The zero-order valence-corrected chi connectivity index (χ0v) is 17.0. The van der Waals surface area contributed by atoms with E-state index in [-0.39, 0.29) is 17.5 Å². The number of benzene rings is 1. The van der Waals surface area contributed by atoms with Gasteiger partial charge in [-0.25, -0.2) is 0 Å². The second-order valence-electron chi connectivity index (χ2n) is 6.63. The SMILES string of the molecule is CCCCNC(=O)C1(NC(=O)c2ccc([N+](=O)[O-])cc2I)CCCCC1. The van der Waals surface area contributed by atoms with Crippen molar-refractivity contribution in [2.45, 2.75) is 57.4 Å². The molecular formula is C18H24IN3O4. The number of halogens is 1. The number of carbonyl (C=O) groups is 2. The minimum atomic E-state index is -0.895. The number of amides is 2. The molecule has 0 aliphatic heterocycles. The summed E-state index contributed by atoms with van der Waals surface area (Å²) in [7, 11) is 0. The first-order valence-electron chi connectivity index (χ1n) is 8.94. The van der Waals surface area contributed by atoms with E-state index in [9.17, 15) is 19.7 Å². The summed E-state index contributed by atoms with van der Waals surface area (Å²) < 4.78 is 0.492. The van der Waals surface area contributed by atoms with Crippen LogP contribution in [0, 0.1) is 13.7 Å². The van der Waals surface area contributed by atoms with E-state index in [4.69, 9.17) is 0 Å². The van der Waals surface area contributed by atoms with Gasteiger partial charge in [0.15, 0.2) is 0 Å². The third-order valence-electron chi connectivity index (χ3n) is 4.72. The highest BCUT2D eigenvalue weighted by Crippen LogP contribution is 2.29. The average molecular weight is 473 g/mol. The largest absolute Gasteiger partial charge is 0.354 e. The summed E-state index contributed by atoms with van der Waals surface area (Å²) in [6.45, 7) is 2.66. The Kier molecular flexibility index (Phi) is 7.36. The maximum atomic E-state index is 12.8. The summed E-state index contributed by atoms with van der Waals surface area (Å²) >= 11 is 1.91. The lowest BCUT2D eigenvalue weighted by atomic mass is 9.80. The number of hydrogen-bond donors (Lipinski definition) is 2. The number of nitro benzene ring substituents is 1. The van der Waals surface area contributed by atoms with E-state index in [0.717, 1.165) is 32.1 Å². The molecule has 0 aromatic heterocycles. The molecular weight excluding hydrogens is 449 g/mol. The molecule has 1 fully saturated rings. The Bertz CT molecular complexity index is 687. The van der Waals surface area contributed by atoms with E-state index < -0.39 is 10.5 Å². The molecule has 1 aromatic rings. The topological polar surface area (TPSA) is 101 Å². The predicted octanol–water partition coefficient (Wildman–Crippen LogP) is 3.55. The quantitative estimate of drug-likeness (QED) is 0.274. The molecule has 1 aliphatic rings. The van der Waals surface area contributed by atoms with Crippen molar-refractivity contribution in [1.82, 2.24) is 10.6 Å². The first kappa shape index (κ1) is 20.6. The van der Waals surface area contributed by atoms with Crippen LogP contribution < -0.4 is 10.6 Å². The fourth-order valence-electron chi connectivity index (χ4n) is 3.20. The van der Waals surface area contributed by atoms with Crippen LogP contribution in [-0.4, -0.2) is 28.8 Å². The number of hydrogen-bond acceptors (Lipinski definition) is 4. The van der Waals surface area contributed by atoms with E-state index in [1.807, 2.05) is 22.6 Å². The molecule has 7 nitrogen and oxygen atoms in total. The lowest BCUT2D eigenvalue weighted by Crippen LogP contribution is -2.59. The summed E-state index contributed by atoms with van der Waals surface area (Å²) in [4.78, 5) is 35.9. The lowest BCUT2D eigenvalue weighted by Gasteiger charge is -2.36. The molecule has 0 radical (unpaired) electrons. The number of carbonyl (C=O) groups excluding carboxylic acids is 2. The van der Waals surface area contributed by atoms with Gasteiger partial charge in [0.05, 0.1) is 10.5 Å². The minimum absolute atomic E-state index is 0.0596. The van der Waals surface area contributed by atoms with Crippen LogP contribution in [0.1, 0.15) is 62.2 Å². The highest BCUT2D eigenvalue weighted by atomic mass is 127. The molecule has 1 saturated carbocycles.